The van der Waals surface area contributed by atoms with Crippen molar-refractivity contribution >= 4 is 135 Å². The summed E-state index contributed by atoms with van der Waals surface area (Å²) in [7, 11) is 0. The molecule has 546 valence electrons. The predicted octanol–water partition coefficient (Wildman–Crippen LogP) is 11.1. The summed E-state index contributed by atoms with van der Waals surface area (Å²) in [6.45, 7) is 0. The Balaban J connectivity index is 0.000000220. The molecule has 8 aromatic carbocycles. The molecule has 8 aromatic heterocycles. The van der Waals surface area contributed by atoms with Crippen LogP contribution in [0.4, 0.5) is 0 Å². The molecule has 0 amide bonds. The van der Waals surface area contributed by atoms with E-state index in [4.69, 9.17) is 30.6 Å². The molecule has 0 atom stereocenters. The Morgan fingerprint density at radius 2 is 0.315 bits per heavy atom. The zero-order valence-electron chi connectivity index (χ0n) is 55.7. The summed E-state index contributed by atoms with van der Waals surface area (Å²) in [6.07, 6.45) is 14.4. The summed E-state index contributed by atoms with van der Waals surface area (Å²) in [5.74, 6) is -10.4. The molecule has 108 heavy (non-hydrogen) atoms. The van der Waals surface area contributed by atoms with Gasteiger partial charge in [0.05, 0.1) is 89.5 Å². The van der Waals surface area contributed by atoms with E-state index in [-0.39, 0.29) is 89.0 Å². The van der Waals surface area contributed by atoms with Crippen molar-refractivity contribution in [3.05, 3.63) is 337 Å². The zero-order chi connectivity index (χ0) is 74.1. The van der Waals surface area contributed by atoms with Gasteiger partial charge >= 0.3 is 35.8 Å². The largest absolute Gasteiger partial charge is 0.545 e. The summed E-state index contributed by atoms with van der Waals surface area (Å²) < 4.78 is 0. The molecule has 0 saturated carbocycles. The minimum Gasteiger partial charge on any atom is -0.545 e. The Hall–Kier alpha value is -14.3. The van der Waals surface area contributed by atoms with E-state index in [0.717, 1.165) is 87.2 Å². The average Bonchev–Trinajstić information content (AvgIpc) is 0.813. The molecule has 28 heteroatoms. The van der Waals surface area contributed by atoms with Gasteiger partial charge in [-0.25, -0.2) is 28.8 Å². The molecule has 0 fully saturated rings. The van der Waals surface area contributed by atoms with Gasteiger partial charge in [0.1, 0.15) is 0 Å². The summed E-state index contributed by atoms with van der Waals surface area (Å²) in [5.41, 5.74) is 5.95. The summed E-state index contributed by atoms with van der Waals surface area (Å²) >= 11 is 0. The van der Waals surface area contributed by atoms with Crippen molar-refractivity contribution in [2.24, 2.45) is 0 Å². The molecule has 10 N–H and O–H groups in total. The maximum atomic E-state index is 10.5. The van der Waals surface area contributed by atoms with Gasteiger partial charge in [0.2, 0.25) is 0 Å². The Morgan fingerprint density at radius 1 is 0.194 bits per heavy atom. The van der Waals surface area contributed by atoms with E-state index < -0.39 is 47.8 Å². The molecule has 0 aliphatic carbocycles. The Morgan fingerprint density at radius 3 is 0.426 bits per heavy atom. The van der Waals surface area contributed by atoms with Gasteiger partial charge in [-0.15, -0.1) is 0 Å². The monoisotopic (exact) mass is 1540 g/mol. The fourth-order valence-electron chi connectivity index (χ4n) is 10.1. The molecule has 0 unspecified atom stereocenters. The van der Waals surface area contributed by atoms with Crippen molar-refractivity contribution in [3.63, 3.8) is 0 Å². The van der Waals surface area contributed by atoms with Crippen molar-refractivity contribution in [1.82, 2.24) is 39.9 Å². The van der Waals surface area contributed by atoms with E-state index in [1.807, 2.05) is 48.5 Å². The fourth-order valence-corrected chi connectivity index (χ4v) is 10.1. The first-order chi connectivity index (χ1) is 50.3. The van der Waals surface area contributed by atoms with Crippen LogP contribution in [-0.2, 0) is 33.6 Å². The third-order valence-corrected chi connectivity index (χ3v) is 14.9. The summed E-state index contributed by atoms with van der Waals surface area (Å²) in [5, 5.41) is 81.1. The molecule has 0 aliphatic rings. The molecule has 0 saturated heterocycles. The standard InChI is InChI=1S/4C12H8N2.4C8H6O4.2Co.2H2O/c4*1-3-9-5-6-10-4-2-8-14-12(10)11(9)13-7-1;4*9-7(10)5-3-1-2-4-6(5)8(11)12;;;;/h4*1-8H;4*1-4H,(H,9,10)(H,11,12);;;2*1H2/p-2. The first-order valence-electron chi connectivity index (χ1n) is 30.8. The minimum absolute atomic E-state index is 0. The van der Waals surface area contributed by atoms with E-state index in [0.29, 0.717) is 0 Å². The van der Waals surface area contributed by atoms with Gasteiger partial charge in [0.25, 0.3) is 0 Å². The van der Waals surface area contributed by atoms with Gasteiger partial charge in [0.15, 0.2) is 0 Å². The quantitative estimate of drug-likeness (QED) is 0.0770. The number of carbonyl (C=O) groups excluding carboxylic acids is 2. The van der Waals surface area contributed by atoms with Crippen LogP contribution >= 0.6 is 0 Å². The molecule has 16 rings (SSSR count). The van der Waals surface area contributed by atoms with Crippen molar-refractivity contribution in [2.75, 3.05) is 0 Å². The number of aromatic nitrogens is 8. The van der Waals surface area contributed by atoms with E-state index >= 15 is 0 Å². The molecule has 16 aromatic rings. The van der Waals surface area contributed by atoms with Gasteiger partial charge in [-0.05, 0) is 84.9 Å². The first-order valence-corrected chi connectivity index (χ1v) is 30.8. The van der Waals surface area contributed by atoms with Crippen LogP contribution in [0.3, 0.4) is 0 Å². The number of carbonyl (C=O) groups is 8. The zero-order valence-corrected chi connectivity index (χ0v) is 57.8. The molecule has 8 heterocycles. The van der Waals surface area contributed by atoms with Crippen LogP contribution in [0, 0.1) is 0 Å². The predicted molar refractivity (Wildman–Crippen MR) is 392 cm³/mol. The first kappa shape index (κ1) is 84.4. The third-order valence-electron chi connectivity index (χ3n) is 14.9. The van der Waals surface area contributed by atoms with Crippen molar-refractivity contribution < 1.29 is 124 Å². The second kappa shape index (κ2) is 41.1. The Kier molecular flexibility index (Phi) is 32.1. The number of benzene rings is 8. The summed E-state index contributed by atoms with van der Waals surface area (Å²) in [6, 6.07) is 70.1. The Bertz CT molecular complexity index is 4820. The number of fused-ring (bicyclic) bond motifs is 12. The molecule has 0 aliphatic heterocycles. The number of aromatic carboxylic acids is 8. The molecule has 0 bridgehead atoms. The summed E-state index contributed by atoms with van der Waals surface area (Å²) in [4.78, 5) is 118. The maximum absolute atomic E-state index is 10.5. The second-order valence-corrected chi connectivity index (χ2v) is 21.5. The number of hydrogen-bond acceptors (Lipinski definition) is 18. The topological polar surface area (TPSA) is 470 Å². The van der Waals surface area contributed by atoms with Gasteiger partial charge in [-0.1, -0.05) is 158 Å². The maximum Gasteiger partial charge on any atom is 0.336 e. The number of pyridine rings is 8. The smallest absolute Gasteiger partial charge is 0.336 e. The third kappa shape index (κ3) is 21.9. The van der Waals surface area contributed by atoms with Crippen LogP contribution in [0.2, 0.25) is 0 Å². The van der Waals surface area contributed by atoms with E-state index in [1.165, 1.54) is 97.1 Å². The van der Waals surface area contributed by atoms with Gasteiger partial charge in [0, 0.05) is 137 Å². The van der Waals surface area contributed by atoms with Gasteiger partial charge in [-0.3, -0.25) is 39.9 Å². The minimum atomic E-state index is -1.48. The molecule has 26 nitrogen and oxygen atoms in total. The Labute approximate surface area is 631 Å². The van der Waals surface area contributed by atoms with Gasteiger partial charge in [-0.2, -0.15) is 0 Å². The molecule has 2 radical (unpaired) electrons. The molecule has 0 spiro atoms. The van der Waals surface area contributed by atoms with Crippen LogP contribution in [0.25, 0.3) is 87.2 Å². The number of hydrogen-bond donors (Lipinski definition) is 6. The molecular formula is C80H58Co2N8O18-2. The van der Waals surface area contributed by atoms with E-state index in [2.05, 4.69) is 137 Å². The number of carboxylic acid groups (broad SMARTS) is 8. The van der Waals surface area contributed by atoms with Crippen LogP contribution in [-0.4, -0.2) is 129 Å². The van der Waals surface area contributed by atoms with Crippen LogP contribution in [0.5, 0.6) is 0 Å². The van der Waals surface area contributed by atoms with Crippen molar-refractivity contribution in [2.45, 2.75) is 0 Å². The van der Waals surface area contributed by atoms with E-state index in [9.17, 15) is 48.6 Å². The van der Waals surface area contributed by atoms with Crippen LogP contribution in [0.15, 0.2) is 292 Å². The normalized spacial score (nSPS) is 9.78. The van der Waals surface area contributed by atoms with Gasteiger partial charge < -0.3 is 61.4 Å². The number of rotatable bonds is 8. The number of nitrogens with zero attached hydrogens (tertiary/aromatic N) is 8. The number of carboxylic acids is 8. The van der Waals surface area contributed by atoms with E-state index in [1.54, 1.807) is 49.6 Å². The second-order valence-electron chi connectivity index (χ2n) is 21.5. The fraction of sp³-hybridized carbons (Fsp3) is 0. The van der Waals surface area contributed by atoms with Crippen LogP contribution < -0.4 is 10.2 Å². The molecular weight excluding hydrogens is 1480 g/mol. The SMILES string of the molecule is O.O.O=C(O)c1ccccc1C(=O)O.O=C(O)c1ccccc1C(=O)O.O=C([O-])c1ccccc1C(=O)O.O=C([O-])c1ccccc1C(=O)O.[Co].[Co].c1cnc2c(c1)ccc1cccnc12.c1cnc2c(c1)ccc1cccnc12.c1cnc2c(c1)ccc1cccnc12.c1cnc2c(c1)ccc1cccnc12. The van der Waals surface area contributed by atoms with Crippen molar-refractivity contribution in [3.8, 4) is 0 Å². The van der Waals surface area contributed by atoms with Crippen LogP contribution in [0.1, 0.15) is 82.9 Å². The van der Waals surface area contributed by atoms with Crippen molar-refractivity contribution in [1.29, 1.82) is 0 Å². The average molecular weight is 1540 g/mol.